The van der Waals surface area contributed by atoms with Gasteiger partial charge in [0.15, 0.2) is 17.5 Å². The number of halogens is 1. The van der Waals surface area contributed by atoms with E-state index in [4.69, 9.17) is 14.2 Å². The van der Waals surface area contributed by atoms with Crippen LogP contribution in [-0.2, 0) is 6.54 Å². The van der Waals surface area contributed by atoms with Gasteiger partial charge in [0.1, 0.15) is 0 Å². The van der Waals surface area contributed by atoms with Crippen molar-refractivity contribution in [2.24, 2.45) is 4.99 Å². The summed E-state index contributed by atoms with van der Waals surface area (Å²) in [5, 5.41) is 6.75. The van der Waals surface area contributed by atoms with E-state index in [2.05, 4.69) is 27.6 Å². The Morgan fingerprint density at radius 1 is 1.03 bits per heavy atom. The van der Waals surface area contributed by atoms with Gasteiger partial charge in [-0.25, -0.2) is 0 Å². The number of guanidine groups is 1. The fourth-order valence-electron chi connectivity index (χ4n) is 3.88. The average Bonchev–Trinajstić information content (AvgIpc) is 2.78. The number of hydrogen-bond acceptors (Lipinski definition) is 5. The second kappa shape index (κ2) is 14.6. The quantitative estimate of drug-likeness (QED) is 0.207. The van der Waals surface area contributed by atoms with Crippen LogP contribution >= 0.6 is 24.0 Å². The Morgan fingerprint density at radius 2 is 1.67 bits per heavy atom. The molecular formula is C22H39IN4O3. The monoisotopic (exact) mass is 534 g/mol. The highest BCUT2D eigenvalue weighted by molar-refractivity contribution is 14.0. The number of ether oxygens (including phenoxy) is 3. The van der Waals surface area contributed by atoms with Gasteiger partial charge in [-0.05, 0) is 50.6 Å². The number of rotatable bonds is 10. The van der Waals surface area contributed by atoms with Crippen LogP contribution in [-0.4, -0.2) is 65.4 Å². The van der Waals surface area contributed by atoms with E-state index in [0.29, 0.717) is 23.8 Å². The molecule has 0 unspecified atom stereocenters. The molecule has 8 heteroatoms. The van der Waals surface area contributed by atoms with Crippen LogP contribution in [0.3, 0.4) is 0 Å². The molecule has 1 aliphatic carbocycles. The highest BCUT2D eigenvalue weighted by Crippen LogP contribution is 2.38. The molecule has 0 radical (unpaired) electrons. The van der Waals surface area contributed by atoms with Crippen LogP contribution in [0.5, 0.6) is 17.2 Å². The molecule has 2 N–H and O–H groups in total. The first-order valence-electron chi connectivity index (χ1n) is 10.6. The lowest BCUT2D eigenvalue weighted by Gasteiger charge is -2.31. The van der Waals surface area contributed by atoms with Gasteiger partial charge in [-0.2, -0.15) is 0 Å². The van der Waals surface area contributed by atoms with Crippen molar-refractivity contribution in [1.82, 2.24) is 15.5 Å². The Hall–Kier alpha value is -1.42. The summed E-state index contributed by atoms with van der Waals surface area (Å²) in [5.74, 6) is 2.69. The second-order valence-electron chi connectivity index (χ2n) is 7.51. The summed E-state index contributed by atoms with van der Waals surface area (Å²) in [7, 11) is 8.90. The van der Waals surface area contributed by atoms with E-state index in [1.165, 1.54) is 32.1 Å². The van der Waals surface area contributed by atoms with Crippen LogP contribution < -0.4 is 24.8 Å². The molecule has 7 nitrogen and oxygen atoms in total. The Morgan fingerprint density at radius 3 is 2.20 bits per heavy atom. The molecule has 1 aromatic carbocycles. The normalized spacial score (nSPS) is 14.8. The molecule has 2 rings (SSSR count). The Labute approximate surface area is 199 Å². The summed E-state index contributed by atoms with van der Waals surface area (Å²) in [6.45, 7) is 2.62. The number of hydrogen-bond donors (Lipinski definition) is 2. The van der Waals surface area contributed by atoms with E-state index < -0.39 is 0 Å². The summed E-state index contributed by atoms with van der Waals surface area (Å²) in [6, 6.07) is 4.66. The van der Waals surface area contributed by atoms with Crippen LogP contribution in [0.25, 0.3) is 0 Å². The molecule has 0 saturated heterocycles. The first kappa shape index (κ1) is 26.6. The van der Waals surface area contributed by atoms with Crippen LogP contribution in [0.15, 0.2) is 17.1 Å². The van der Waals surface area contributed by atoms with Gasteiger partial charge in [-0.3, -0.25) is 4.99 Å². The van der Waals surface area contributed by atoms with E-state index >= 15 is 0 Å². The predicted octanol–water partition coefficient (Wildman–Crippen LogP) is 3.65. The molecule has 172 valence electrons. The molecule has 0 amide bonds. The number of nitrogens with one attached hydrogen (secondary N) is 2. The number of methoxy groups -OCH3 is 3. The lowest BCUT2D eigenvalue weighted by molar-refractivity contribution is 0.190. The third-order valence-corrected chi connectivity index (χ3v) is 5.59. The number of aliphatic imine (C=N–C) groups is 1. The lowest BCUT2D eigenvalue weighted by atomic mass is 9.94. The highest BCUT2D eigenvalue weighted by Gasteiger charge is 2.17. The van der Waals surface area contributed by atoms with E-state index in [9.17, 15) is 0 Å². The highest BCUT2D eigenvalue weighted by atomic mass is 127. The SMILES string of the molecule is CN=C(NCCCN(C)C1CCCCC1)NCc1cc(OC)c(OC)c(OC)c1.I. The maximum Gasteiger partial charge on any atom is 0.203 e. The lowest BCUT2D eigenvalue weighted by Crippen LogP contribution is -2.39. The molecule has 1 aliphatic rings. The van der Waals surface area contributed by atoms with E-state index in [1.807, 2.05) is 12.1 Å². The van der Waals surface area contributed by atoms with Crippen LogP contribution in [0.2, 0.25) is 0 Å². The van der Waals surface area contributed by atoms with E-state index in [-0.39, 0.29) is 24.0 Å². The minimum absolute atomic E-state index is 0. The number of benzene rings is 1. The standard InChI is InChI=1S/C22H38N4O3.HI/c1-23-22(24-12-9-13-26(2)18-10-7-6-8-11-18)25-16-17-14-19(27-3)21(29-5)20(15-17)28-4;/h14-15,18H,6-13,16H2,1-5H3,(H2,23,24,25);1H. The van der Waals surface area contributed by atoms with Crippen molar-refractivity contribution in [3.63, 3.8) is 0 Å². The Kier molecular flexibility index (Phi) is 12.9. The summed E-state index contributed by atoms with van der Waals surface area (Å²) in [6.07, 6.45) is 7.96. The van der Waals surface area contributed by atoms with Crippen molar-refractivity contribution < 1.29 is 14.2 Å². The molecule has 0 spiro atoms. The van der Waals surface area contributed by atoms with Gasteiger partial charge in [0, 0.05) is 26.2 Å². The van der Waals surface area contributed by atoms with Crippen LogP contribution in [0, 0.1) is 0 Å². The first-order chi connectivity index (χ1) is 14.1. The Balaban J connectivity index is 0.00000450. The minimum Gasteiger partial charge on any atom is -0.493 e. The van der Waals surface area contributed by atoms with Crippen molar-refractivity contribution in [1.29, 1.82) is 0 Å². The average molecular weight is 534 g/mol. The molecule has 30 heavy (non-hydrogen) atoms. The third-order valence-electron chi connectivity index (χ3n) is 5.59. The maximum absolute atomic E-state index is 5.42. The summed E-state index contributed by atoms with van der Waals surface area (Å²) in [4.78, 5) is 6.84. The van der Waals surface area contributed by atoms with Crippen molar-refractivity contribution in [3.8, 4) is 17.2 Å². The first-order valence-corrected chi connectivity index (χ1v) is 10.6. The third kappa shape index (κ3) is 8.02. The molecule has 0 aliphatic heterocycles. The fourth-order valence-corrected chi connectivity index (χ4v) is 3.88. The molecule has 0 heterocycles. The summed E-state index contributed by atoms with van der Waals surface area (Å²) < 4.78 is 16.2. The molecule has 1 saturated carbocycles. The van der Waals surface area contributed by atoms with Gasteiger partial charge >= 0.3 is 0 Å². The molecule has 0 aromatic heterocycles. The van der Waals surface area contributed by atoms with Crippen LogP contribution in [0.1, 0.15) is 44.1 Å². The molecular weight excluding hydrogens is 495 g/mol. The van der Waals surface area contributed by atoms with Gasteiger partial charge in [0.2, 0.25) is 5.75 Å². The zero-order valence-electron chi connectivity index (χ0n) is 19.1. The topological polar surface area (TPSA) is 67.4 Å². The zero-order chi connectivity index (χ0) is 21.1. The van der Waals surface area contributed by atoms with Crippen molar-refractivity contribution >= 4 is 29.9 Å². The minimum atomic E-state index is 0. The van der Waals surface area contributed by atoms with Gasteiger partial charge in [0.25, 0.3) is 0 Å². The smallest absolute Gasteiger partial charge is 0.203 e. The largest absolute Gasteiger partial charge is 0.493 e. The predicted molar refractivity (Wildman–Crippen MR) is 134 cm³/mol. The molecule has 1 fully saturated rings. The second-order valence-corrected chi connectivity index (χ2v) is 7.51. The van der Waals surface area contributed by atoms with E-state index in [1.54, 1.807) is 28.4 Å². The fraction of sp³-hybridized carbons (Fsp3) is 0.682. The Bertz CT molecular complexity index is 626. The summed E-state index contributed by atoms with van der Waals surface area (Å²) >= 11 is 0. The molecule has 1 aromatic rings. The maximum atomic E-state index is 5.42. The van der Waals surface area contributed by atoms with Crippen molar-refractivity contribution in [3.05, 3.63) is 17.7 Å². The van der Waals surface area contributed by atoms with E-state index in [0.717, 1.165) is 37.1 Å². The molecule has 0 atom stereocenters. The molecule has 0 bridgehead atoms. The zero-order valence-corrected chi connectivity index (χ0v) is 21.5. The van der Waals surface area contributed by atoms with Crippen molar-refractivity contribution in [2.75, 3.05) is 48.5 Å². The van der Waals surface area contributed by atoms with Gasteiger partial charge in [0.05, 0.1) is 21.3 Å². The number of nitrogens with zero attached hydrogens (tertiary/aromatic N) is 2. The van der Waals surface area contributed by atoms with Gasteiger partial charge < -0.3 is 29.7 Å². The van der Waals surface area contributed by atoms with Crippen LogP contribution in [0.4, 0.5) is 0 Å². The van der Waals surface area contributed by atoms with Gasteiger partial charge in [-0.1, -0.05) is 19.3 Å². The van der Waals surface area contributed by atoms with Crippen molar-refractivity contribution in [2.45, 2.75) is 51.1 Å². The summed E-state index contributed by atoms with van der Waals surface area (Å²) in [5.41, 5.74) is 1.03. The van der Waals surface area contributed by atoms with Gasteiger partial charge in [-0.15, -0.1) is 24.0 Å².